The van der Waals surface area contributed by atoms with Crippen molar-refractivity contribution in [1.29, 1.82) is 0 Å². The van der Waals surface area contributed by atoms with Crippen molar-refractivity contribution in [3.05, 3.63) is 33.5 Å². The highest BCUT2D eigenvalue weighted by atomic mass is 32.1. The number of alkyl halides is 3. The Morgan fingerprint density at radius 3 is 2.45 bits per heavy atom. The summed E-state index contributed by atoms with van der Waals surface area (Å²) in [5.74, 6) is -2.80. The molecule has 2 aromatic rings. The molecule has 3 rings (SSSR count). The molecule has 1 aliphatic rings. The second-order valence-corrected chi connectivity index (χ2v) is 9.40. The molecule has 33 heavy (non-hydrogen) atoms. The van der Waals surface area contributed by atoms with Crippen molar-refractivity contribution in [3.8, 4) is 0 Å². The van der Waals surface area contributed by atoms with Crippen LogP contribution in [0.1, 0.15) is 76.5 Å². The van der Waals surface area contributed by atoms with Crippen LogP contribution in [0.3, 0.4) is 0 Å². The Hall–Kier alpha value is -2.89. The van der Waals surface area contributed by atoms with Crippen LogP contribution < -0.4 is 11.1 Å². The first-order valence-electron chi connectivity index (χ1n) is 10.4. The Labute approximate surface area is 192 Å². The van der Waals surface area contributed by atoms with Gasteiger partial charge in [-0.25, -0.2) is 4.79 Å². The van der Waals surface area contributed by atoms with Crippen LogP contribution in [0.5, 0.6) is 0 Å². The zero-order valence-corrected chi connectivity index (χ0v) is 19.4. The molecule has 0 aromatic carbocycles. The van der Waals surface area contributed by atoms with Crippen LogP contribution in [0.4, 0.5) is 18.2 Å². The van der Waals surface area contributed by atoms with Crippen molar-refractivity contribution in [1.82, 2.24) is 9.78 Å². The molecular weight excluding hydrogens is 461 g/mol. The van der Waals surface area contributed by atoms with Gasteiger partial charge in [0.1, 0.15) is 5.00 Å². The number of nitrogens with two attached hydrogens (primary N) is 1. The van der Waals surface area contributed by atoms with E-state index in [-0.39, 0.29) is 27.9 Å². The number of amides is 2. The smallest absolute Gasteiger partial charge is 0.435 e. The molecule has 180 valence electrons. The molecule has 2 amide bonds. The van der Waals surface area contributed by atoms with Crippen LogP contribution in [0.2, 0.25) is 0 Å². The van der Waals surface area contributed by atoms with Crippen LogP contribution in [0.15, 0.2) is 6.07 Å². The van der Waals surface area contributed by atoms with Crippen molar-refractivity contribution in [3.63, 3.8) is 0 Å². The van der Waals surface area contributed by atoms with Crippen molar-refractivity contribution < 1.29 is 32.3 Å². The van der Waals surface area contributed by atoms with Gasteiger partial charge in [0.25, 0.3) is 5.91 Å². The number of carbonyl (C=O) groups is 3. The lowest BCUT2D eigenvalue weighted by Crippen LogP contribution is -2.26. The fourth-order valence-corrected chi connectivity index (χ4v) is 4.41. The minimum absolute atomic E-state index is 0.000613. The summed E-state index contributed by atoms with van der Waals surface area (Å²) in [6.07, 6.45) is -3.46. The Kier molecular flexibility index (Phi) is 6.87. The summed E-state index contributed by atoms with van der Waals surface area (Å²) in [5.41, 5.74) is 5.16. The van der Waals surface area contributed by atoms with E-state index in [9.17, 15) is 27.6 Å². The average molecular weight is 487 g/mol. The van der Waals surface area contributed by atoms with Gasteiger partial charge in [0, 0.05) is 11.6 Å². The third kappa shape index (κ3) is 5.55. The predicted octanol–water partition coefficient (Wildman–Crippen LogP) is 4.09. The topological polar surface area (TPSA) is 116 Å². The number of aromatic nitrogens is 2. The Morgan fingerprint density at radius 2 is 1.94 bits per heavy atom. The second-order valence-electron chi connectivity index (χ2n) is 8.38. The van der Waals surface area contributed by atoms with Crippen LogP contribution in [0.25, 0.3) is 0 Å². The molecule has 0 bridgehead atoms. The monoisotopic (exact) mass is 486 g/mol. The number of ether oxygens (including phenoxy) is 1. The summed E-state index contributed by atoms with van der Waals surface area (Å²) in [4.78, 5) is 37.3. The van der Waals surface area contributed by atoms with Gasteiger partial charge in [0.2, 0.25) is 5.91 Å². The quantitative estimate of drug-likeness (QED) is 0.545. The van der Waals surface area contributed by atoms with Crippen LogP contribution in [0, 0.1) is 12.8 Å². The van der Waals surface area contributed by atoms with Gasteiger partial charge in [-0.1, -0.05) is 6.92 Å². The standard InChI is InChI=1S/C21H25F3N4O4S/c1-9(2)32-20(31)15-11(4)16(17(25)29)33-19(15)26-18(30)10(3)8-28-13(12-5-6-12)7-14(27-28)21(22,23)24/h7,9-10,12H,5-6,8H2,1-4H3,(H2,25,29)(H,26,30). The zero-order chi connectivity index (χ0) is 24.7. The normalized spacial score (nSPS) is 14.9. The van der Waals surface area contributed by atoms with Gasteiger partial charge in [0.15, 0.2) is 5.69 Å². The molecule has 0 saturated heterocycles. The van der Waals surface area contributed by atoms with Crippen molar-refractivity contribution >= 4 is 34.1 Å². The van der Waals surface area contributed by atoms with E-state index in [1.807, 2.05) is 0 Å². The molecule has 3 N–H and O–H groups in total. The van der Waals surface area contributed by atoms with Crippen LogP contribution >= 0.6 is 11.3 Å². The molecule has 2 aromatic heterocycles. The van der Waals surface area contributed by atoms with Gasteiger partial charge in [0.05, 0.1) is 29.0 Å². The van der Waals surface area contributed by atoms with E-state index >= 15 is 0 Å². The number of hydrogen-bond acceptors (Lipinski definition) is 6. The van der Waals surface area contributed by atoms with E-state index in [0.717, 1.165) is 30.2 Å². The predicted molar refractivity (Wildman–Crippen MR) is 115 cm³/mol. The molecule has 0 aliphatic heterocycles. The first-order valence-corrected chi connectivity index (χ1v) is 11.2. The van der Waals surface area contributed by atoms with E-state index in [4.69, 9.17) is 10.5 Å². The van der Waals surface area contributed by atoms with Gasteiger partial charge < -0.3 is 15.8 Å². The Bertz CT molecular complexity index is 1090. The maximum absolute atomic E-state index is 13.1. The molecule has 1 atom stereocenters. The Balaban J connectivity index is 1.83. The number of primary amides is 1. The lowest BCUT2D eigenvalue weighted by molar-refractivity contribution is -0.141. The highest BCUT2D eigenvalue weighted by Crippen LogP contribution is 2.42. The minimum atomic E-state index is -4.58. The number of hydrogen-bond donors (Lipinski definition) is 2. The summed E-state index contributed by atoms with van der Waals surface area (Å²) in [6, 6.07) is 1.03. The molecule has 1 aliphatic carbocycles. The average Bonchev–Trinajstić information content (AvgIpc) is 3.34. The van der Waals surface area contributed by atoms with Crippen LogP contribution in [-0.4, -0.2) is 33.7 Å². The summed E-state index contributed by atoms with van der Waals surface area (Å²) in [5, 5.41) is 6.38. The molecule has 1 saturated carbocycles. The van der Waals surface area contributed by atoms with Gasteiger partial charge in [-0.15, -0.1) is 11.3 Å². The van der Waals surface area contributed by atoms with E-state index in [2.05, 4.69) is 10.4 Å². The number of halogens is 3. The first kappa shape index (κ1) is 24.7. The highest BCUT2D eigenvalue weighted by Gasteiger charge is 2.38. The summed E-state index contributed by atoms with van der Waals surface area (Å²) in [7, 11) is 0. The molecule has 12 heteroatoms. The molecule has 8 nitrogen and oxygen atoms in total. The lowest BCUT2D eigenvalue weighted by Gasteiger charge is -2.15. The molecular formula is C21H25F3N4O4S. The largest absolute Gasteiger partial charge is 0.459 e. The van der Waals surface area contributed by atoms with Gasteiger partial charge in [-0.2, -0.15) is 18.3 Å². The fraction of sp³-hybridized carbons (Fsp3) is 0.524. The summed E-state index contributed by atoms with van der Waals surface area (Å²) >= 11 is 0.849. The molecule has 0 spiro atoms. The minimum Gasteiger partial charge on any atom is -0.459 e. The summed E-state index contributed by atoms with van der Waals surface area (Å²) in [6.45, 7) is 6.31. The fourth-order valence-electron chi connectivity index (χ4n) is 3.36. The number of nitrogens with one attached hydrogen (secondary N) is 1. The molecule has 1 fully saturated rings. The number of rotatable bonds is 8. The lowest BCUT2D eigenvalue weighted by atomic mass is 10.1. The first-order chi connectivity index (χ1) is 15.3. The third-order valence-corrected chi connectivity index (χ3v) is 6.37. The highest BCUT2D eigenvalue weighted by molar-refractivity contribution is 7.18. The number of thiophene rings is 1. The van der Waals surface area contributed by atoms with Crippen molar-refractivity contribution in [2.45, 2.75) is 65.3 Å². The molecule has 2 heterocycles. The third-order valence-electron chi connectivity index (χ3n) is 5.15. The van der Waals surface area contributed by atoms with Gasteiger partial charge in [-0.05, 0) is 45.2 Å². The number of anilines is 1. The number of esters is 1. The SMILES string of the molecule is Cc1c(C(N)=O)sc(NC(=O)C(C)Cn2nc(C(F)(F)F)cc2C2CC2)c1C(=O)OC(C)C. The maximum Gasteiger partial charge on any atom is 0.435 e. The second kappa shape index (κ2) is 9.16. The van der Waals surface area contributed by atoms with E-state index in [1.165, 1.54) is 11.6 Å². The van der Waals surface area contributed by atoms with E-state index in [1.54, 1.807) is 20.8 Å². The molecule has 1 unspecified atom stereocenters. The van der Waals surface area contributed by atoms with E-state index < -0.39 is 41.7 Å². The maximum atomic E-state index is 13.1. The number of nitrogens with zero attached hydrogens (tertiary/aromatic N) is 2. The van der Waals surface area contributed by atoms with Crippen molar-refractivity contribution in [2.75, 3.05) is 5.32 Å². The van der Waals surface area contributed by atoms with Gasteiger partial charge >= 0.3 is 12.1 Å². The van der Waals surface area contributed by atoms with E-state index in [0.29, 0.717) is 11.3 Å². The summed E-state index contributed by atoms with van der Waals surface area (Å²) < 4.78 is 45.8. The van der Waals surface area contributed by atoms with Crippen LogP contribution in [-0.2, 0) is 22.3 Å². The van der Waals surface area contributed by atoms with Crippen molar-refractivity contribution in [2.24, 2.45) is 11.7 Å². The van der Waals surface area contributed by atoms with Gasteiger partial charge in [-0.3, -0.25) is 14.3 Å². The number of carbonyl (C=O) groups excluding carboxylic acids is 3. The molecule has 0 radical (unpaired) electrons. The zero-order valence-electron chi connectivity index (χ0n) is 18.6. The Morgan fingerprint density at radius 1 is 1.30 bits per heavy atom.